The Morgan fingerprint density at radius 1 is 1.32 bits per heavy atom. The Hall–Kier alpha value is -2.08. The standard InChI is InChI=1S/C16H23FN2O3/c1-16(2,3)22-15(21)19-9-5-4-8-18-11-12-6-7-14(20)13(17)10-12/h4-7,10,18,20H,8-9,11H2,1-3H3,(H,19,21)/b5-4+. The van der Waals surface area contributed by atoms with Crippen molar-refractivity contribution in [2.75, 3.05) is 13.1 Å². The van der Waals surface area contributed by atoms with Crippen molar-refractivity contribution in [1.82, 2.24) is 10.6 Å². The zero-order valence-corrected chi connectivity index (χ0v) is 13.1. The van der Waals surface area contributed by atoms with Crippen LogP contribution in [0.15, 0.2) is 30.4 Å². The lowest BCUT2D eigenvalue weighted by Gasteiger charge is -2.19. The Morgan fingerprint density at radius 3 is 2.64 bits per heavy atom. The van der Waals surface area contributed by atoms with Crippen molar-refractivity contribution in [3.05, 3.63) is 41.7 Å². The molecule has 22 heavy (non-hydrogen) atoms. The molecule has 0 spiro atoms. The van der Waals surface area contributed by atoms with Gasteiger partial charge in [0.05, 0.1) is 0 Å². The highest BCUT2D eigenvalue weighted by Crippen LogP contribution is 2.15. The Morgan fingerprint density at radius 2 is 2.00 bits per heavy atom. The van der Waals surface area contributed by atoms with Gasteiger partial charge in [-0.2, -0.15) is 0 Å². The van der Waals surface area contributed by atoms with Crippen LogP contribution in [0, 0.1) is 5.82 Å². The van der Waals surface area contributed by atoms with E-state index in [0.29, 0.717) is 19.6 Å². The van der Waals surface area contributed by atoms with E-state index in [1.54, 1.807) is 32.9 Å². The molecule has 0 atom stereocenters. The van der Waals surface area contributed by atoms with Crippen LogP contribution in [0.4, 0.5) is 9.18 Å². The van der Waals surface area contributed by atoms with Crippen LogP contribution in [0.25, 0.3) is 0 Å². The molecule has 0 aliphatic rings. The van der Waals surface area contributed by atoms with Crippen molar-refractivity contribution < 1.29 is 19.0 Å². The number of benzene rings is 1. The van der Waals surface area contributed by atoms with Gasteiger partial charge in [-0.1, -0.05) is 18.2 Å². The molecule has 1 rings (SSSR count). The lowest BCUT2D eigenvalue weighted by molar-refractivity contribution is 0.0534. The average molecular weight is 310 g/mol. The van der Waals surface area contributed by atoms with E-state index in [1.807, 2.05) is 6.08 Å². The van der Waals surface area contributed by atoms with Gasteiger partial charge < -0.3 is 20.5 Å². The van der Waals surface area contributed by atoms with Crippen molar-refractivity contribution in [3.63, 3.8) is 0 Å². The minimum atomic E-state index is -0.628. The third-order valence-corrected chi connectivity index (χ3v) is 2.53. The first-order valence-electron chi connectivity index (χ1n) is 7.08. The summed E-state index contributed by atoms with van der Waals surface area (Å²) in [7, 11) is 0. The number of carbonyl (C=O) groups excluding carboxylic acids is 1. The van der Waals surface area contributed by atoms with Gasteiger partial charge in [0.2, 0.25) is 0 Å². The zero-order chi connectivity index (χ0) is 16.6. The molecule has 0 fully saturated rings. The molecule has 0 unspecified atom stereocenters. The second kappa shape index (κ2) is 8.38. The van der Waals surface area contributed by atoms with Gasteiger partial charge >= 0.3 is 6.09 Å². The molecule has 0 radical (unpaired) electrons. The lowest BCUT2D eigenvalue weighted by atomic mass is 10.2. The van der Waals surface area contributed by atoms with Gasteiger partial charge in [-0.25, -0.2) is 9.18 Å². The Bertz CT molecular complexity index is 525. The number of alkyl carbamates (subject to hydrolysis) is 1. The number of hydrogen-bond acceptors (Lipinski definition) is 4. The van der Waals surface area contributed by atoms with Crippen LogP contribution in [-0.4, -0.2) is 29.9 Å². The second-order valence-electron chi connectivity index (χ2n) is 5.77. The monoisotopic (exact) mass is 310 g/mol. The minimum Gasteiger partial charge on any atom is -0.505 e. The van der Waals surface area contributed by atoms with Crippen LogP contribution in [0.1, 0.15) is 26.3 Å². The number of halogens is 1. The normalized spacial score (nSPS) is 11.6. The minimum absolute atomic E-state index is 0.350. The third kappa shape index (κ3) is 7.64. The molecule has 0 heterocycles. The highest BCUT2D eigenvalue weighted by molar-refractivity contribution is 5.67. The molecule has 0 aliphatic heterocycles. The van der Waals surface area contributed by atoms with Crippen molar-refractivity contribution in [2.24, 2.45) is 0 Å². The predicted molar refractivity (Wildman–Crippen MR) is 83.1 cm³/mol. The van der Waals surface area contributed by atoms with E-state index in [1.165, 1.54) is 12.1 Å². The smallest absolute Gasteiger partial charge is 0.407 e. The van der Waals surface area contributed by atoms with Gasteiger partial charge in [-0.3, -0.25) is 0 Å². The number of aromatic hydroxyl groups is 1. The maximum atomic E-state index is 13.1. The number of nitrogens with one attached hydrogen (secondary N) is 2. The van der Waals surface area contributed by atoms with Crippen molar-refractivity contribution in [2.45, 2.75) is 32.9 Å². The van der Waals surface area contributed by atoms with Crippen LogP contribution in [0.5, 0.6) is 5.75 Å². The first-order chi connectivity index (χ1) is 10.3. The molecule has 1 amide bonds. The number of ether oxygens (including phenoxy) is 1. The first kappa shape index (κ1) is 18.0. The number of phenols is 1. The summed E-state index contributed by atoms with van der Waals surface area (Å²) < 4.78 is 18.2. The number of amides is 1. The molecule has 0 bridgehead atoms. The van der Waals surface area contributed by atoms with Crippen LogP contribution in [0.3, 0.4) is 0 Å². The first-order valence-corrected chi connectivity index (χ1v) is 7.08. The van der Waals surface area contributed by atoms with E-state index in [9.17, 15) is 9.18 Å². The van der Waals surface area contributed by atoms with E-state index < -0.39 is 17.5 Å². The fourth-order valence-corrected chi connectivity index (χ4v) is 1.58. The lowest BCUT2D eigenvalue weighted by Crippen LogP contribution is -2.32. The van der Waals surface area contributed by atoms with Crippen LogP contribution < -0.4 is 10.6 Å². The summed E-state index contributed by atoms with van der Waals surface area (Å²) in [5.74, 6) is -0.978. The molecule has 5 nitrogen and oxygen atoms in total. The Labute approximate surface area is 130 Å². The molecular weight excluding hydrogens is 287 g/mol. The maximum absolute atomic E-state index is 13.1. The summed E-state index contributed by atoms with van der Waals surface area (Å²) >= 11 is 0. The van der Waals surface area contributed by atoms with Gasteiger partial charge in [0.15, 0.2) is 11.6 Å². The van der Waals surface area contributed by atoms with Gasteiger partial charge in [-0.15, -0.1) is 0 Å². The average Bonchev–Trinajstić information content (AvgIpc) is 2.39. The number of rotatable bonds is 6. The van der Waals surface area contributed by atoms with E-state index in [0.717, 1.165) is 5.56 Å². The number of carbonyl (C=O) groups is 1. The summed E-state index contributed by atoms with van der Waals surface area (Å²) in [6, 6.07) is 4.27. The number of phenolic OH excluding ortho intramolecular Hbond substituents is 1. The molecule has 1 aromatic rings. The van der Waals surface area contributed by atoms with Crippen LogP contribution in [-0.2, 0) is 11.3 Å². The molecule has 0 saturated heterocycles. The van der Waals surface area contributed by atoms with Gasteiger partial charge in [-0.05, 0) is 38.5 Å². The SMILES string of the molecule is CC(C)(C)OC(=O)NC/C=C/CNCc1ccc(O)c(F)c1. The molecule has 1 aromatic carbocycles. The molecule has 3 N–H and O–H groups in total. The fraction of sp³-hybridized carbons (Fsp3) is 0.438. The van der Waals surface area contributed by atoms with Crippen LogP contribution >= 0.6 is 0 Å². The molecule has 0 aliphatic carbocycles. The van der Waals surface area contributed by atoms with Gasteiger partial charge in [0.1, 0.15) is 5.60 Å². The molecule has 122 valence electrons. The summed E-state index contributed by atoms with van der Waals surface area (Å²) in [5.41, 5.74) is 0.241. The number of hydrogen-bond donors (Lipinski definition) is 3. The predicted octanol–water partition coefficient (Wildman–Crippen LogP) is 2.70. The topological polar surface area (TPSA) is 70.6 Å². The quantitative estimate of drug-likeness (QED) is 0.558. The van der Waals surface area contributed by atoms with Crippen molar-refractivity contribution in [1.29, 1.82) is 0 Å². The van der Waals surface area contributed by atoms with Crippen LogP contribution in [0.2, 0.25) is 0 Å². The zero-order valence-electron chi connectivity index (χ0n) is 13.1. The summed E-state index contributed by atoms with van der Waals surface area (Å²) in [6.45, 7) is 6.86. The Kier molecular flexibility index (Phi) is 6.85. The van der Waals surface area contributed by atoms with E-state index in [2.05, 4.69) is 10.6 Å². The highest BCUT2D eigenvalue weighted by Gasteiger charge is 2.14. The maximum Gasteiger partial charge on any atom is 0.407 e. The van der Waals surface area contributed by atoms with E-state index >= 15 is 0 Å². The molecular formula is C16H23FN2O3. The molecule has 0 saturated carbocycles. The molecule has 0 aromatic heterocycles. The molecule has 6 heteroatoms. The Balaban J connectivity index is 2.16. The van der Waals surface area contributed by atoms with Crippen molar-refractivity contribution in [3.8, 4) is 5.75 Å². The largest absolute Gasteiger partial charge is 0.505 e. The fourth-order valence-electron chi connectivity index (χ4n) is 1.58. The van der Waals surface area contributed by atoms with E-state index in [4.69, 9.17) is 9.84 Å². The van der Waals surface area contributed by atoms with Gasteiger partial charge in [0, 0.05) is 19.6 Å². The summed E-state index contributed by atoms with van der Waals surface area (Å²) in [5, 5.41) is 14.8. The van der Waals surface area contributed by atoms with Gasteiger partial charge in [0.25, 0.3) is 0 Å². The summed E-state index contributed by atoms with van der Waals surface area (Å²) in [6.07, 6.45) is 3.20. The van der Waals surface area contributed by atoms with E-state index in [-0.39, 0.29) is 5.75 Å². The summed E-state index contributed by atoms with van der Waals surface area (Å²) in [4.78, 5) is 11.4. The highest BCUT2D eigenvalue weighted by atomic mass is 19.1. The van der Waals surface area contributed by atoms with Crippen molar-refractivity contribution >= 4 is 6.09 Å². The second-order valence-corrected chi connectivity index (χ2v) is 5.77. The third-order valence-electron chi connectivity index (χ3n) is 2.53.